The first kappa shape index (κ1) is 15.5. The maximum Gasteiger partial charge on any atom is 0.269 e. The van der Waals surface area contributed by atoms with Crippen molar-refractivity contribution in [2.45, 2.75) is 0 Å². The molecule has 4 nitrogen and oxygen atoms in total. The molecular formula is C16H11ClFN3OS. The number of rotatable bonds is 4. The van der Waals surface area contributed by atoms with Crippen molar-refractivity contribution < 1.29 is 9.18 Å². The van der Waals surface area contributed by atoms with Crippen molar-refractivity contribution in [3.05, 3.63) is 70.3 Å². The molecule has 2 N–H and O–H groups in total. The van der Waals surface area contributed by atoms with Crippen LogP contribution in [0.2, 0.25) is 5.02 Å². The summed E-state index contributed by atoms with van der Waals surface area (Å²) in [6, 6.07) is 12.6. The van der Waals surface area contributed by atoms with Crippen LogP contribution < -0.4 is 10.9 Å². The summed E-state index contributed by atoms with van der Waals surface area (Å²) < 4.78 is 12.8. The van der Waals surface area contributed by atoms with Crippen molar-refractivity contribution in [2.75, 3.05) is 5.43 Å². The summed E-state index contributed by atoms with van der Waals surface area (Å²) >= 11 is 7.21. The number of hydrogen-bond acceptors (Lipinski definition) is 4. The third kappa shape index (κ3) is 3.85. The molecule has 0 aliphatic carbocycles. The van der Waals surface area contributed by atoms with Gasteiger partial charge in [-0.1, -0.05) is 23.7 Å². The van der Waals surface area contributed by atoms with Gasteiger partial charge in [-0.2, -0.15) is 0 Å². The van der Waals surface area contributed by atoms with Gasteiger partial charge in [-0.25, -0.2) is 9.37 Å². The SMILES string of the molecule is O=C(NNc1nc(-c2ccc(Cl)cc2)cs1)c1ccc(F)cc1. The van der Waals surface area contributed by atoms with E-state index in [1.807, 2.05) is 17.5 Å². The molecule has 0 saturated carbocycles. The standard InChI is InChI=1S/C16H11ClFN3OS/c17-12-5-1-10(2-6-12)14-9-23-16(19-14)21-20-15(22)11-3-7-13(18)8-4-11/h1-9H,(H,19,21)(H,20,22). The smallest absolute Gasteiger partial charge is 0.269 e. The van der Waals surface area contributed by atoms with E-state index in [0.717, 1.165) is 11.3 Å². The summed E-state index contributed by atoms with van der Waals surface area (Å²) in [6.45, 7) is 0. The Morgan fingerprint density at radius 1 is 1.09 bits per heavy atom. The lowest BCUT2D eigenvalue weighted by Gasteiger charge is -2.05. The highest BCUT2D eigenvalue weighted by Gasteiger charge is 2.08. The fourth-order valence-corrected chi connectivity index (χ4v) is 2.67. The van der Waals surface area contributed by atoms with E-state index in [4.69, 9.17) is 11.6 Å². The van der Waals surface area contributed by atoms with Crippen molar-refractivity contribution in [1.82, 2.24) is 10.4 Å². The number of nitrogens with one attached hydrogen (secondary N) is 2. The number of thiazole rings is 1. The summed E-state index contributed by atoms with van der Waals surface area (Å²) in [5.41, 5.74) is 7.34. The molecule has 7 heteroatoms. The molecule has 0 spiro atoms. The zero-order chi connectivity index (χ0) is 16.2. The van der Waals surface area contributed by atoms with Crippen LogP contribution in [-0.4, -0.2) is 10.9 Å². The molecule has 0 fully saturated rings. The van der Waals surface area contributed by atoms with Crippen LogP contribution >= 0.6 is 22.9 Å². The number of nitrogens with zero attached hydrogens (tertiary/aromatic N) is 1. The fourth-order valence-electron chi connectivity index (χ4n) is 1.87. The van der Waals surface area contributed by atoms with Crippen LogP contribution in [0.15, 0.2) is 53.9 Å². The number of amides is 1. The number of aromatic nitrogens is 1. The summed E-state index contributed by atoms with van der Waals surface area (Å²) in [6.07, 6.45) is 0. The third-order valence-electron chi connectivity index (χ3n) is 3.03. The summed E-state index contributed by atoms with van der Waals surface area (Å²) in [5.74, 6) is -0.754. The molecule has 0 unspecified atom stereocenters. The Morgan fingerprint density at radius 2 is 1.78 bits per heavy atom. The lowest BCUT2D eigenvalue weighted by Crippen LogP contribution is -2.29. The van der Waals surface area contributed by atoms with E-state index in [1.165, 1.54) is 35.6 Å². The van der Waals surface area contributed by atoms with Crippen LogP contribution in [0.4, 0.5) is 9.52 Å². The predicted octanol–water partition coefficient (Wildman–Crippen LogP) is 4.36. The molecule has 0 radical (unpaired) electrons. The van der Waals surface area contributed by atoms with Gasteiger partial charge in [-0.05, 0) is 36.4 Å². The van der Waals surface area contributed by atoms with Gasteiger partial charge in [0.2, 0.25) is 5.13 Å². The normalized spacial score (nSPS) is 10.3. The van der Waals surface area contributed by atoms with E-state index >= 15 is 0 Å². The van der Waals surface area contributed by atoms with E-state index < -0.39 is 0 Å². The van der Waals surface area contributed by atoms with Crippen molar-refractivity contribution in [3.8, 4) is 11.3 Å². The molecule has 0 aliphatic heterocycles. The van der Waals surface area contributed by atoms with E-state index in [0.29, 0.717) is 15.7 Å². The van der Waals surface area contributed by atoms with Gasteiger partial charge in [-0.3, -0.25) is 15.6 Å². The number of halogens is 2. The molecule has 0 atom stereocenters. The van der Waals surface area contributed by atoms with Gasteiger partial charge >= 0.3 is 0 Å². The van der Waals surface area contributed by atoms with Crippen LogP contribution in [0, 0.1) is 5.82 Å². The zero-order valence-corrected chi connectivity index (χ0v) is 13.3. The van der Waals surface area contributed by atoms with Crippen molar-refractivity contribution >= 4 is 34.0 Å². The highest BCUT2D eigenvalue weighted by atomic mass is 35.5. The topological polar surface area (TPSA) is 54.0 Å². The molecule has 2 aromatic carbocycles. The maximum absolute atomic E-state index is 12.8. The third-order valence-corrected chi connectivity index (χ3v) is 4.04. The van der Waals surface area contributed by atoms with Gasteiger partial charge < -0.3 is 0 Å². The molecule has 3 aromatic rings. The van der Waals surface area contributed by atoms with E-state index in [-0.39, 0.29) is 11.7 Å². The lowest BCUT2D eigenvalue weighted by molar-refractivity contribution is 0.0962. The molecule has 0 saturated heterocycles. The molecule has 116 valence electrons. The van der Waals surface area contributed by atoms with E-state index in [9.17, 15) is 9.18 Å². The Balaban J connectivity index is 1.64. The van der Waals surface area contributed by atoms with Gasteiger partial charge in [0.15, 0.2) is 0 Å². The van der Waals surface area contributed by atoms with Crippen molar-refractivity contribution in [2.24, 2.45) is 0 Å². The number of hydrogen-bond donors (Lipinski definition) is 2. The molecule has 1 heterocycles. The van der Waals surface area contributed by atoms with Gasteiger partial charge in [-0.15, -0.1) is 11.3 Å². The average molecular weight is 348 g/mol. The Morgan fingerprint density at radius 3 is 2.48 bits per heavy atom. The molecule has 1 amide bonds. The van der Waals surface area contributed by atoms with Gasteiger partial charge in [0.1, 0.15) is 5.82 Å². The largest absolute Gasteiger partial charge is 0.273 e. The Labute approximate surface area is 140 Å². The zero-order valence-electron chi connectivity index (χ0n) is 11.7. The number of carbonyl (C=O) groups excluding carboxylic acids is 1. The quantitative estimate of drug-likeness (QED) is 0.689. The van der Waals surface area contributed by atoms with Crippen LogP contribution in [0.3, 0.4) is 0 Å². The first-order valence-electron chi connectivity index (χ1n) is 6.65. The monoisotopic (exact) mass is 347 g/mol. The van der Waals surface area contributed by atoms with Crippen LogP contribution in [0.5, 0.6) is 0 Å². The summed E-state index contributed by atoms with van der Waals surface area (Å²) in [7, 11) is 0. The predicted molar refractivity (Wildman–Crippen MR) is 90.0 cm³/mol. The molecule has 0 bridgehead atoms. The highest BCUT2D eigenvalue weighted by Crippen LogP contribution is 2.25. The minimum Gasteiger partial charge on any atom is -0.273 e. The highest BCUT2D eigenvalue weighted by molar-refractivity contribution is 7.14. The summed E-state index contributed by atoms with van der Waals surface area (Å²) in [4.78, 5) is 16.3. The first-order chi connectivity index (χ1) is 11.1. The van der Waals surface area contributed by atoms with Crippen LogP contribution in [0.25, 0.3) is 11.3 Å². The van der Waals surface area contributed by atoms with E-state index in [2.05, 4.69) is 15.8 Å². The molecular weight excluding hydrogens is 337 g/mol. The fraction of sp³-hybridized carbons (Fsp3) is 0. The van der Waals surface area contributed by atoms with Gasteiger partial charge in [0, 0.05) is 21.5 Å². The second-order valence-corrected chi connectivity index (χ2v) is 5.93. The first-order valence-corrected chi connectivity index (χ1v) is 7.91. The average Bonchev–Trinajstić information content (AvgIpc) is 3.03. The Hall–Kier alpha value is -2.44. The minimum absolute atomic E-state index is 0.355. The van der Waals surface area contributed by atoms with Gasteiger partial charge in [0.25, 0.3) is 5.91 Å². The summed E-state index contributed by atoms with van der Waals surface area (Å²) in [5, 5.41) is 3.08. The second-order valence-electron chi connectivity index (χ2n) is 4.63. The molecule has 23 heavy (non-hydrogen) atoms. The van der Waals surface area contributed by atoms with E-state index in [1.54, 1.807) is 12.1 Å². The van der Waals surface area contributed by atoms with Gasteiger partial charge in [0.05, 0.1) is 5.69 Å². The van der Waals surface area contributed by atoms with Crippen molar-refractivity contribution in [1.29, 1.82) is 0 Å². The van der Waals surface area contributed by atoms with Crippen molar-refractivity contribution in [3.63, 3.8) is 0 Å². The Kier molecular flexibility index (Phi) is 4.55. The Bertz CT molecular complexity index is 818. The van der Waals surface area contributed by atoms with Crippen LogP contribution in [0.1, 0.15) is 10.4 Å². The number of hydrazine groups is 1. The van der Waals surface area contributed by atoms with Crippen LogP contribution in [-0.2, 0) is 0 Å². The number of anilines is 1. The number of benzene rings is 2. The lowest BCUT2D eigenvalue weighted by atomic mass is 10.2. The molecule has 0 aliphatic rings. The minimum atomic E-state index is -0.387. The second kappa shape index (κ2) is 6.76. The molecule has 1 aromatic heterocycles. The maximum atomic E-state index is 12.8. The number of carbonyl (C=O) groups is 1. The molecule has 3 rings (SSSR count).